The van der Waals surface area contributed by atoms with Crippen molar-refractivity contribution in [1.82, 2.24) is 9.55 Å². The van der Waals surface area contributed by atoms with Crippen LogP contribution in [0.4, 0.5) is 18.9 Å². The Labute approximate surface area is 146 Å². The highest BCUT2D eigenvalue weighted by Crippen LogP contribution is 2.31. The molecule has 130 valence electrons. The van der Waals surface area contributed by atoms with Crippen molar-refractivity contribution in [2.24, 2.45) is 0 Å². The summed E-state index contributed by atoms with van der Waals surface area (Å²) in [4.78, 5) is 15.9. The Balaban J connectivity index is 1.93. The molecule has 3 rings (SSSR count). The third-order valence-corrected chi connectivity index (χ3v) is 3.91. The SMILES string of the molecule is Cc1cc(Cl)ccc1NC(=O)Cn1c(C(F)(F)F)nc2ccccc21. The minimum absolute atomic E-state index is 0.185. The van der Waals surface area contributed by atoms with Gasteiger partial charge in [-0.25, -0.2) is 4.98 Å². The van der Waals surface area contributed by atoms with Gasteiger partial charge in [-0.1, -0.05) is 23.7 Å². The van der Waals surface area contributed by atoms with E-state index in [1.807, 2.05) is 0 Å². The molecule has 0 saturated carbocycles. The maximum atomic E-state index is 13.2. The summed E-state index contributed by atoms with van der Waals surface area (Å²) in [7, 11) is 0. The number of anilines is 1. The Bertz CT molecular complexity index is 950. The molecule has 0 atom stereocenters. The summed E-state index contributed by atoms with van der Waals surface area (Å²) in [5.41, 5.74) is 1.64. The topological polar surface area (TPSA) is 46.9 Å². The number of imidazole rings is 1. The lowest BCUT2D eigenvalue weighted by Gasteiger charge is -2.13. The number of rotatable bonds is 3. The number of alkyl halides is 3. The maximum Gasteiger partial charge on any atom is 0.449 e. The van der Waals surface area contributed by atoms with Gasteiger partial charge in [0.2, 0.25) is 11.7 Å². The molecule has 1 N–H and O–H groups in total. The first kappa shape index (κ1) is 17.3. The van der Waals surface area contributed by atoms with E-state index in [2.05, 4.69) is 10.3 Å². The Hall–Kier alpha value is -2.54. The number of fused-ring (bicyclic) bond motifs is 1. The summed E-state index contributed by atoms with van der Waals surface area (Å²) < 4.78 is 40.6. The van der Waals surface area contributed by atoms with Gasteiger partial charge < -0.3 is 9.88 Å². The molecule has 3 aromatic rings. The average molecular weight is 368 g/mol. The molecule has 1 heterocycles. The highest BCUT2D eigenvalue weighted by Gasteiger charge is 2.38. The van der Waals surface area contributed by atoms with Gasteiger partial charge in [-0.3, -0.25) is 4.79 Å². The normalized spacial score (nSPS) is 11.7. The van der Waals surface area contributed by atoms with Crippen molar-refractivity contribution in [3.8, 4) is 0 Å². The number of carbonyl (C=O) groups excluding carboxylic acids is 1. The molecule has 1 amide bonds. The Morgan fingerprint density at radius 1 is 1.24 bits per heavy atom. The highest BCUT2D eigenvalue weighted by molar-refractivity contribution is 6.30. The van der Waals surface area contributed by atoms with Crippen LogP contribution in [0.5, 0.6) is 0 Å². The fraction of sp³-hybridized carbons (Fsp3) is 0.176. The number of nitrogens with one attached hydrogen (secondary N) is 1. The van der Waals surface area contributed by atoms with Crippen molar-refractivity contribution < 1.29 is 18.0 Å². The molecule has 8 heteroatoms. The van der Waals surface area contributed by atoms with Gasteiger partial charge >= 0.3 is 6.18 Å². The molecule has 4 nitrogen and oxygen atoms in total. The lowest BCUT2D eigenvalue weighted by Crippen LogP contribution is -2.23. The van der Waals surface area contributed by atoms with E-state index in [0.29, 0.717) is 16.3 Å². The van der Waals surface area contributed by atoms with Gasteiger partial charge in [0.15, 0.2) is 0 Å². The first-order chi connectivity index (χ1) is 11.8. The second-order valence-corrected chi connectivity index (χ2v) is 5.95. The molecule has 1 aromatic heterocycles. The fourth-order valence-corrected chi connectivity index (χ4v) is 2.78. The predicted molar refractivity (Wildman–Crippen MR) is 89.6 cm³/mol. The van der Waals surface area contributed by atoms with E-state index in [-0.39, 0.29) is 11.0 Å². The van der Waals surface area contributed by atoms with Gasteiger partial charge in [-0.15, -0.1) is 0 Å². The standard InChI is InChI=1S/C17H13ClF3N3O/c1-10-8-11(18)6-7-12(10)22-15(25)9-24-14-5-3-2-4-13(14)23-16(24)17(19,20)21/h2-8H,9H2,1H3,(H,22,25). The van der Waals surface area contributed by atoms with Gasteiger partial charge in [0.25, 0.3) is 0 Å². The van der Waals surface area contributed by atoms with E-state index < -0.39 is 24.5 Å². The molecule has 0 aliphatic rings. The van der Waals surface area contributed by atoms with Crippen LogP contribution in [0.2, 0.25) is 5.02 Å². The molecule has 25 heavy (non-hydrogen) atoms. The molecule has 0 bridgehead atoms. The monoisotopic (exact) mass is 367 g/mol. The van der Waals surface area contributed by atoms with Gasteiger partial charge in [0.1, 0.15) is 6.54 Å². The van der Waals surface area contributed by atoms with Crippen molar-refractivity contribution in [3.63, 3.8) is 0 Å². The number of carbonyl (C=O) groups is 1. The van der Waals surface area contributed by atoms with Crippen LogP contribution in [0.15, 0.2) is 42.5 Å². The number of aromatic nitrogens is 2. The van der Waals surface area contributed by atoms with Crippen LogP contribution in [0.25, 0.3) is 11.0 Å². The quantitative estimate of drug-likeness (QED) is 0.732. The van der Waals surface area contributed by atoms with E-state index >= 15 is 0 Å². The Morgan fingerprint density at radius 2 is 1.96 bits per heavy atom. The van der Waals surface area contributed by atoms with Gasteiger partial charge in [-0.05, 0) is 42.8 Å². The van der Waals surface area contributed by atoms with E-state index in [4.69, 9.17) is 11.6 Å². The van der Waals surface area contributed by atoms with Crippen molar-refractivity contribution in [2.45, 2.75) is 19.6 Å². The zero-order valence-electron chi connectivity index (χ0n) is 13.1. The Kier molecular flexibility index (Phi) is 4.43. The second-order valence-electron chi connectivity index (χ2n) is 5.52. The summed E-state index contributed by atoms with van der Waals surface area (Å²) in [5.74, 6) is -1.68. The smallest absolute Gasteiger partial charge is 0.324 e. The summed E-state index contributed by atoms with van der Waals surface area (Å²) in [6.45, 7) is 1.24. The third kappa shape index (κ3) is 3.61. The first-order valence-corrected chi connectivity index (χ1v) is 7.72. The molecule has 0 radical (unpaired) electrons. The van der Waals surface area contributed by atoms with E-state index in [1.54, 1.807) is 37.3 Å². The van der Waals surface area contributed by atoms with Gasteiger partial charge in [0, 0.05) is 10.7 Å². The number of halogens is 4. The molecule has 0 fully saturated rings. The predicted octanol–water partition coefficient (Wildman–Crippen LogP) is 4.66. The third-order valence-electron chi connectivity index (χ3n) is 3.67. The van der Waals surface area contributed by atoms with Crippen molar-refractivity contribution in [1.29, 1.82) is 0 Å². The summed E-state index contributed by atoms with van der Waals surface area (Å²) in [6.07, 6.45) is -4.66. The van der Waals surface area contributed by atoms with Crippen LogP contribution in [-0.2, 0) is 17.5 Å². The summed E-state index contributed by atoms with van der Waals surface area (Å²) in [6, 6.07) is 11.0. The molecule has 0 saturated heterocycles. The van der Waals surface area contributed by atoms with E-state index in [0.717, 1.165) is 4.57 Å². The zero-order valence-corrected chi connectivity index (χ0v) is 13.8. The molecule has 0 aliphatic heterocycles. The number of aryl methyl sites for hydroxylation is 1. The highest BCUT2D eigenvalue weighted by atomic mass is 35.5. The van der Waals surface area contributed by atoms with Crippen LogP contribution in [0.1, 0.15) is 11.4 Å². The number of benzene rings is 2. The minimum atomic E-state index is -4.66. The first-order valence-electron chi connectivity index (χ1n) is 7.34. The van der Waals surface area contributed by atoms with Crippen molar-refractivity contribution in [3.05, 3.63) is 58.9 Å². The molecule has 0 aliphatic carbocycles. The average Bonchev–Trinajstić information content (AvgIpc) is 2.89. The van der Waals surface area contributed by atoms with Gasteiger partial charge in [-0.2, -0.15) is 13.2 Å². The number of hydrogen-bond donors (Lipinski definition) is 1. The number of amides is 1. The number of nitrogens with zero attached hydrogens (tertiary/aromatic N) is 2. The van der Waals surface area contributed by atoms with E-state index in [1.165, 1.54) is 12.1 Å². The maximum absolute atomic E-state index is 13.2. The fourth-order valence-electron chi connectivity index (χ4n) is 2.55. The van der Waals surface area contributed by atoms with Crippen LogP contribution < -0.4 is 5.32 Å². The van der Waals surface area contributed by atoms with Gasteiger partial charge in [0.05, 0.1) is 11.0 Å². The minimum Gasteiger partial charge on any atom is -0.324 e. The number of hydrogen-bond acceptors (Lipinski definition) is 2. The summed E-state index contributed by atoms with van der Waals surface area (Å²) >= 11 is 5.85. The molecular formula is C17H13ClF3N3O. The van der Waals surface area contributed by atoms with Crippen LogP contribution in [0.3, 0.4) is 0 Å². The van der Waals surface area contributed by atoms with E-state index in [9.17, 15) is 18.0 Å². The largest absolute Gasteiger partial charge is 0.449 e. The lowest BCUT2D eigenvalue weighted by molar-refractivity contribution is -0.147. The number of para-hydroxylation sites is 2. The Morgan fingerprint density at radius 3 is 2.64 bits per heavy atom. The molecule has 2 aromatic carbocycles. The van der Waals surface area contributed by atoms with Crippen molar-refractivity contribution >= 4 is 34.2 Å². The molecule has 0 spiro atoms. The van der Waals surface area contributed by atoms with Crippen LogP contribution in [-0.4, -0.2) is 15.5 Å². The van der Waals surface area contributed by atoms with Crippen molar-refractivity contribution in [2.75, 3.05) is 5.32 Å². The second kappa shape index (κ2) is 6.40. The zero-order chi connectivity index (χ0) is 18.2. The van der Waals surface area contributed by atoms with Crippen LogP contribution >= 0.6 is 11.6 Å². The summed E-state index contributed by atoms with van der Waals surface area (Å²) in [5, 5.41) is 3.12. The van der Waals surface area contributed by atoms with Crippen LogP contribution in [0, 0.1) is 6.92 Å². The lowest BCUT2D eigenvalue weighted by atomic mass is 10.2. The molecular weight excluding hydrogens is 355 g/mol. The molecule has 0 unspecified atom stereocenters.